The Morgan fingerprint density at radius 3 is 2.79 bits per heavy atom. The third-order valence-electron chi connectivity index (χ3n) is 6.15. The number of urea groups is 1. The van der Waals surface area contributed by atoms with E-state index in [1.165, 1.54) is 28.5 Å². The Bertz CT molecular complexity index is 1280. The van der Waals surface area contributed by atoms with Gasteiger partial charge in [0.1, 0.15) is 24.7 Å². The maximum absolute atomic E-state index is 13.3. The highest BCUT2D eigenvalue weighted by molar-refractivity contribution is 6.31. The first-order chi connectivity index (χ1) is 15.8. The summed E-state index contributed by atoms with van der Waals surface area (Å²) in [5.74, 6) is -1.01. The van der Waals surface area contributed by atoms with Crippen molar-refractivity contribution in [3.05, 3.63) is 70.8 Å². The van der Waals surface area contributed by atoms with Gasteiger partial charge in [-0.2, -0.15) is 5.10 Å². The first-order valence-corrected chi connectivity index (χ1v) is 10.9. The molecule has 2 N–H and O–H groups in total. The summed E-state index contributed by atoms with van der Waals surface area (Å²) < 4.78 is 1.48. The van der Waals surface area contributed by atoms with Crippen LogP contribution in [0.1, 0.15) is 30.0 Å². The number of hydrogen-bond donors (Lipinski definition) is 2. The Kier molecular flexibility index (Phi) is 5.13. The predicted octanol–water partition coefficient (Wildman–Crippen LogP) is 2.82. The molecule has 1 atom stereocenters. The smallest absolute Gasteiger partial charge is 0.323 e. The molecular weight excluding hydrogens is 444 g/mol. The van der Waals surface area contributed by atoms with Crippen LogP contribution in [0, 0.1) is 0 Å². The van der Waals surface area contributed by atoms with Crippen molar-refractivity contribution >= 4 is 35.1 Å². The molecule has 1 aliphatic carbocycles. The van der Waals surface area contributed by atoms with E-state index < -0.39 is 29.9 Å². The second-order valence-electron chi connectivity index (χ2n) is 8.33. The van der Waals surface area contributed by atoms with E-state index in [4.69, 9.17) is 11.6 Å². The van der Waals surface area contributed by atoms with Gasteiger partial charge in [-0.1, -0.05) is 29.8 Å². The third kappa shape index (κ3) is 3.74. The highest BCUT2D eigenvalue weighted by Crippen LogP contribution is 2.32. The average Bonchev–Trinajstić information content (AvgIpc) is 3.51. The molecule has 2 heterocycles. The highest BCUT2D eigenvalue weighted by Gasteiger charge is 2.49. The van der Waals surface area contributed by atoms with Gasteiger partial charge in [-0.15, -0.1) is 0 Å². The highest BCUT2D eigenvalue weighted by atomic mass is 35.5. The number of halogens is 1. The van der Waals surface area contributed by atoms with Crippen LogP contribution in [-0.2, 0) is 28.0 Å². The Labute approximate surface area is 194 Å². The van der Waals surface area contributed by atoms with Gasteiger partial charge in [0.15, 0.2) is 0 Å². The minimum Gasteiger partial charge on any atom is -0.323 e. The van der Waals surface area contributed by atoms with Gasteiger partial charge in [-0.3, -0.25) is 14.5 Å². The van der Waals surface area contributed by atoms with E-state index in [0.717, 1.165) is 24.2 Å². The van der Waals surface area contributed by atoms with E-state index in [-0.39, 0.29) is 0 Å². The molecule has 10 heteroatoms. The van der Waals surface area contributed by atoms with Crippen molar-refractivity contribution in [3.8, 4) is 5.69 Å². The molecule has 1 fully saturated rings. The molecule has 1 aromatic heterocycles. The van der Waals surface area contributed by atoms with Crippen molar-refractivity contribution in [2.24, 2.45) is 0 Å². The van der Waals surface area contributed by atoms with Gasteiger partial charge < -0.3 is 10.6 Å². The molecule has 0 saturated carbocycles. The van der Waals surface area contributed by atoms with Crippen LogP contribution in [0.25, 0.3) is 5.69 Å². The number of carbonyl (C=O) groups excluding carboxylic acids is 3. The van der Waals surface area contributed by atoms with E-state index in [2.05, 4.69) is 20.7 Å². The fraction of sp³-hybridized carbons (Fsp3) is 0.261. The van der Waals surface area contributed by atoms with Crippen LogP contribution < -0.4 is 10.6 Å². The molecule has 9 nitrogen and oxygen atoms in total. The van der Waals surface area contributed by atoms with Gasteiger partial charge in [-0.05, 0) is 61.1 Å². The summed E-state index contributed by atoms with van der Waals surface area (Å²) in [6.07, 6.45) is 5.92. The first-order valence-electron chi connectivity index (χ1n) is 10.6. The van der Waals surface area contributed by atoms with Gasteiger partial charge in [0.2, 0.25) is 5.91 Å². The van der Waals surface area contributed by atoms with Crippen LogP contribution in [0.3, 0.4) is 0 Å². The number of benzene rings is 2. The van der Waals surface area contributed by atoms with Crippen LogP contribution in [-0.4, -0.2) is 44.1 Å². The SMILES string of the molecule is C[C@@]1(c2ccc3c(c2)CCC3)NC(=O)N(CC(=O)Nc2cc(Cl)ccc2-n2cncn2)C1=O. The molecule has 0 unspecified atom stereocenters. The fourth-order valence-corrected chi connectivity index (χ4v) is 4.57. The lowest BCUT2D eigenvalue weighted by Crippen LogP contribution is -2.42. The third-order valence-corrected chi connectivity index (χ3v) is 6.39. The molecule has 33 heavy (non-hydrogen) atoms. The van der Waals surface area contributed by atoms with E-state index in [9.17, 15) is 14.4 Å². The fourth-order valence-electron chi connectivity index (χ4n) is 4.39. The molecule has 4 amide bonds. The zero-order valence-corrected chi connectivity index (χ0v) is 18.6. The zero-order valence-electron chi connectivity index (χ0n) is 17.8. The van der Waals surface area contributed by atoms with Gasteiger partial charge in [0.05, 0.1) is 11.4 Å². The van der Waals surface area contributed by atoms with Crippen LogP contribution in [0.4, 0.5) is 10.5 Å². The summed E-state index contributed by atoms with van der Waals surface area (Å²) in [7, 11) is 0. The standard InChI is InChI=1S/C23H21ClN6O3/c1-23(16-6-5-14-3-2-4-15(14)9-16)21(32)29(22(33)28-23)11-20(31)27-18-10-17(24)7-8-19(18)30-13-25-12-26-30/h5-10,12-13H,2-4,11H2,1H3,(H,27,31)(H,28,33)/t23-/m0/s1. The van der Waals surface area contributed by atoms with Crippen molar-refractivity contribution in [2.45, 2.75) is 31.7 Å². The molecule has 1 aliphatic heterocycles. The summed E-state index contributed by atoms with van der Waals surface area (Å²) in [4.78, 5) is 43.6. The lowest BCUT2D eigenvalue weighted by Gasteiger charge is -2.23. The molecule has 5 rings (SSSR count). The monoisotopic (exact) mass is 464 g/mol. The van der Waals surface area contributed by atoms with Gasteiger partial charge >= 0.3 is 6.03 Å². The Morgan fingerprint density at radius 2 is 2.00 bits per heavy atom. The Balaban J connectivity index is 1.35. The number of nitrogens with one attached hydrogen (secondary N) is 2. The Hall–Kier alpha value is -3.72. The first kappa shape index (κ1) is 21.1. The number of imide groups is 1. The minimum atomic E-state index is -1.23. The van der Waals surface area contributed by atoms with Crippen LogP contribution in [0.5, 0.6) is 0 Å². The number of aromatic nitrogens is 3. The zero-order chi connectivity index (χ0) is 23.2. The lowest BCUT2D eigenvalue weighted by molar-refractivity contribution is -0.133. The van der Waals surface area contributed by atoms with E-state index in [1.54, 1.807) is 25.1 Å². The predicted molar refractivity (Wildman–Crippen MR) is 121 cm³/mol. The quantitative estimate of drug-likeness (QED) is 0.564. The average molecular weight is 465 g/mol. The van der Waals surface area contributed by atoms with Crippen molar-refractivity contribution in [2.75, 3.05) is 11.9 Å². The number of nitrogens with zero attached hydrogens (tertiary/aromatic N) is 4. The van der Waals surface area contributed by atoms with Gasteiger partial charge in [-0.25, -0.2) is 14.5 Å². The van der Waals surface area contributed by atoms with E-state index >= 15 is 0 Å². The largest absolute Gasteiger partial charge is 0.325 e. The summed E-state index contributed by atoms with van der Waals surface area (Å²) in [5, 5.41) is 9.97. The molecule has 0 spiro atoms. The van der Waals surface area contributed by atoms with Crippen molar-refractivity contribution < 1.29 is 14.4 Å². The van der Waals surface area contributed by atoms with Gasteiger partial charge in [0.25, 0.3) is 5.91 Å². The molecule has 0 bridgehead atoms. The summed E-state index contributed by atoms with van der Waals surface area (Å²) in [6, 6.07) is 10.2. The maximum atomic E-state index is 13.3. The van der Waals surface area contributed by atoms with Crippen LogP contribution in [0.2, 0.25) is 5.02 Å². The summed E-state index contributed by atoms with van der Waals surface area (Å²) in [6.45, 7) is 1.23. The molecule has 3 aromatic rings. The van der Waals surface area contributed by atoms with Crippen molar-refractivity contribution in [1.82, 2.24) is 25.0 Å². The number of hydrogen-bond acceptors (Lipinski definition) is 5. The Morgan fingerprint density at radius 1 is 1.18 bits per heavy atom. The molecule has 2 aromatic carbocycles. The molecule has 168 valence electrons. The van der Waals surface area contributed by atoms with Crippen LogP contribution >= 0.6 is 11.6 Å². The molecule has 2 aliphatic rings. The van der Waals surface area contributed by atoms with Crippen molar-refractivity contribution in [3.63, 3.8) is 0 Å². The number of aryl methyl sites for hydroxylation is 2. The number of rotatable bonds is 5. The number of amides is 4. The van der Waals surface area contributed by atoms with Crippen LogP contribution in [0.15, 0.2) is 49.1 Å². The molecular formula is C23H21ClN6O3. The topological polar surface area (TPSA) is 109 Å². The van der Waals surface area contributed by atoms with E-state index in [0.29, 0.717) is 22.0 Å². The van der Waals surface area contributed by atoms with Crippen molar-refractivity contribution in [1.29, 1.82) is 0 Å². The summed E-state index contributed by atoms with van der Waals surface area (Å²) >= 11 is 6.10. The molecule has 1 saturated heterocycles. The second-order valence-corrected chi connectivity index (χ2v) is 8.77. The molecule has 0 radical (unpaired) electrons. The number of fused-ring (bicyclic) bond motifs is 1. The number of carbonyl (C=O) groups is 3. The normalized spacial score (nSPS) is 19.5. The van der Waals surface area contributed by atoms with Gasteiger partial charge in [0, 0.05) is 5.02 Å². The number of anilines is 1. The van der Waals surface area contributed by atoms with E-state index in [1.807, 2.05) is 18.2 Å². The minimum absolute atomic E-state index is 0.381. The second kappa shape index (κ2) is 8.00. The maximum Gasteiger partial charge on any atom is 0.325 e. The lowest BCUT2D eigenvalue weighted by atomic mass is 9.89. The summed E-state index contributed by atoms with van der Waals surface area (Å²) in [5.41, 5.74) is 2.90.